The number of aliphatic hydroxyl groups excluding tert-OH is 1. The normalized spacial score (nSPS) is 14.7. The smallest absolute Gasteiger partial charge is 0.0616 e. The van der Waals surface area contributed by atoms with E-state index in [4.69, 9.17) is 0 Å². The molecule has 0 saturated heterocycles. The SMILES string of the molecule is CCC(CO)(Cc1ccccc1)NCCN(C)C. The maximum atomic E-state index is 9.73. The number of aliphatic hydroxyl groups is 1. The van der Waals surface area contributed by atoms with E-state index in [1.165, 1.54) is 5.56 Å². The highest BCUT2D eigenvalue weighted by atomic mass is 16.3. The van der Waals surface area contributed by atoms with Crippen molar-refractivity contribution in [3.05, 3.63) is 35.9 Å². The molecule has 0 fully saturated rings. The number of rotatable bonds is 8. The summed E-state index contributed by atoms with van der Waals surface area (Å²) in [6.45, 7) is 4.18. The van der Waals surface area contributed by atoms with E-state index >= 15 is 0 Å². The van der Waals surface area contributed by atoms with Gasteiger partial charge in [0.25, 0.3) is 0 Å². The molecule has 1 aromatic carbocycles. The van der Waals surface area contributed by atoms with Crippen molar-refractivity contribution in [3.8, 4) is 0 Å². The van der Waals surface area contributed by atoms with E-state index in [-0.39, 0.29) is 12.1 Å². The minimum absolute atomic E-state index is 0.172. The van der Waals surface area contributed by atoms with Crippen LogP contribution in [-0.2, 0) is 6.42 Å². The number of benzene rings is 1. The van der Waals surface area contributed by atoms with Gasteiger partial charge in [-0.1, -0.05) is 37.3 Å². The summed E-state index contributed by atoms with van der Waals surface area (Å²) in [5.74, 6) is 0. The minimum Gasteiger partial charge on any atom is -0.394 e. The summed E-state index contributed by atoms with van der Waals surface area (Å²) in [6.07, 6.45) is 1.79. The summed E-state index contributed by atoms with van der Waals surface area (Å²) in [5, 5.41) is 13.2. The second-order valence-electron chi connectivity index (χ2n) is 5.18. The molecule has 2 N–H and O–H groups in total. The first-order chi connectivity index (χ1) is 8.62. The van der Waals surface area contributed by atoms with Gasteiger partial charge in [-0.05, 0) is 32.5 Å². The maximum absolute atomic E-state index is 9.73. The second kappa shape index (κ2) is 7.52. The second-order valence-corrected chi connectivity index (χ2v) is 5.18. The number of hydrogen-bond acceptors (Lipinski definition) is 3. The Bertz CT molecular complexity index is 321. The highest BCUT2D eigenvalue weighted by molar-refractivity contribution is 5.18. The van der Waals surface area contributed by atoms with E-state index in [1.54, 1.807) is 0 Å². The van der Waals surface area contributed by atoms with Crippen molar-refractivity contribution in [1.82, 2.24) is 10.2 Å². The molecule has 0 aliphatic carbocycles. The van der Waals surface area contributed by atoms with Crippen LogP contribution in [0.3, 0.4) is 0 Å². The molecule has 1 unspecified atom stereocenters. The van der Waals surface area contributed by atoms with E-state index in [9.17, 15) is 5.11 Å². The monoisotopic (exact) mass is 250 g/mol. The van der Waals surface area contributed by atoms with Gasteiger partial charge in [-0.2, -0.15) is 0 Å². The van der Waals surface area contributed by atoms with E-state index < -0.39 is 0 Å². The van der Waals surface area contributed by atoms with Crippen molar-refractivity contribution in [2.75, 3.05) is 33.8 Å². The van der Waals surface area contributed by atoms with Crippen molar-refractivity contribution in [2.45, 2.75) is 25.3 Å². The first-order valence-corrected chi connectivity index (χ1v) is 6.66. The van der Waals surface area contributed by atoms with E-state index in [1.807, 2.05) is 18.2 Å². The fourth-order valence-corrected chi connectivity index (χ4v) is 2.07. The molecule has 102 valence electrons. The Morgan fingerprint density at radius 1 is 1.22 bits per heavy atom. The van der Waals surface area contributed by atoms with Crippen LogP contribution in [0.1, 0.15) is 18.9 Å². The molecule has 0 heterocycles. The zero-order chi connectivity index (χ0) is 13.4. The molecule has 1 aromatic rings. The van der Waals surface area contributed by atoms with Gasteiger partial charge in [-0.25, -0.2) is 0 Å². The van der Waals surface area contributed by atoms with Gasteiger partial charge in [-0.15, -0.1) is 0 Å². The van der Waals surface area contributed by atoms with Crippen molar-refractivity contribution in [3.63, 3.8) is 0 Å². The summed E-state index contributed by atoms with van der Waals surface area (Å²) >= 11 is 0. The summed E-state index contributed by atoms with van der Waals surface area (Å²) < 4.78 is 0. The van der Waals surface area contributed by atoms with Gasteiger partial charge in [0, 0.05) is 18.6 Å². The topological polar surface area (TPSA) is 35.5 Å². The lowest BCUT2D eigenvalue weighted by atomic mass is 9.89. The summed E-state index contributed by atoms with van der Waals surface area (Å²) in [4.78, 5) is 2.15. The molecular weight excluding hydrogens is 224 g/mol. The largest absolute Gasteiger partial charge is 0.394 e. The van der Waals surface area contributed by atoms with Gasteiger partial charge in [0.05, 0.1) is 6.61 Å². The molecule has 0 aliphatic heterocycles. The fourth-order valence-electron chi connectivity index (χ4n) is 2.07. The first kappa shape index (κ1) is 15.2. The lowest BCUT2D eigenvalue weighted by Crippen LogP contribution is -2.51. The maximum Gasteiger partial charge on any atom is 0.0616 e. The zero-order valence-electron chi connectivity index (χ0n) is 11.8. The van der Waals surface area contributed by atoms with E-state index in [0.717, 1.165) is 25.9 Å². The lowest BCUT2D eigenvalue weighted by Gasteiger charge is -2.33. The Balaban J connectivity index is 2.62. The quantitative estimate of drug-likeness (QED) is 0.734. The summed E-state index contributed by atoms with van der Waals surface area (Å²) in [6, 6.07) is 10.4. The van der Waals surface area contributed by atoms with Crippen LogP contribution in [0.2, 0.25) is 0 Å². The molecule has 0 aliphatic rings. The fraction of sp³-hybridized carbons (Fsp3) is 0.600. The van der Waals surface area contributed by atoms with E-state index in [2.05, 4.69) is 43.4 Å². The number of nitrogens with one attached hydrogen (secondary N) is 1. The molecule has 0 amide bonds. The van der Waals surface area contributed by atoms with Crippen molar-refractivity contribution in [2.24, 2.45) is 0 Å². The van der Waals surface area contributed by atoms with Gasteiger partial charge in [0.1, 0.15) is 0 Å². The minimum atomic E-state index is -0.197. The average Bonchev–Trinajstić information content (AvgIpc) is 2.38. The van der Waals surface area contributed by atoms with Gasteiger partial charge in [0.2, 0.25) is 0 Å². The molecule has 0 bridgehead atoms. The third-order valence-electron chi connectivity index (χ3n) is 3.42. The molecule has 18 heavy (non-hydrogen) atoms. The standard InChI is InChI=1S/C15H26N2O/c1-4-15(13-18,16-10-11-17(2)3)12-14-8-6-5-7-9-14/h5-9,16,18H,4,10-13H2,1-3H3. The van der Waals surface area contributed by atoms with Crippen LogP contribution < -0.4 is 5.32 Å². The molecule has 3 nitrogen and oxygen atoms in total. The zero-order valence-corrected chi connectivity index (χ0v) is 11.8. The van der Waals surface area contributed by atoms with Crippen LogP contribution >= 0.6 is 0 Å². The number of nitrogens with zero attached hydrogens (tertiary/aromatic N) is 1. The Labute approximate surface area is 111 Å². The Hall–Kier alpha value is -0.900. The predicted molar refractivity (Wildman–Crippen MR) is 76.8 cm³/mol. The summed E-state index contributed by atoms with van der Waals surface area (Å²) in [5.41, 5.74) is 1.07. The van der Waals surface area contributed by atoms with Crippen LogP contribution in [-0.4, -0.2) is 49.3 Å². The van der Waals surface area contributed by atoms with Crippen molar-refractivity contribution in [1.29, 1.82) is 0 Å². The van der Waals surface area contributed by atoms with Crippen LogP contribution in [0.25, 0.3) is 0 Å². The highest BCUT2D eigenvalue weighted by Gasteiger charge is 2.26. The highest BCUT2D eigenvalue weighted by Crippen LogP contribution is 2.17. The molecule has 1 atom stereocenters. The Morgan fingerprint density at radius 3 is 2.39 bits per heavy atom. The lowest BCUT2D eigenvalue weighted by molar-refractivity contribution is 0.152. The molecule has 1 rings (SSSR count). The van der Waals surface area contributed by atoms with Gasteiger partial charge >= 0.3 is 0 Å². The van der Waals surface area contributed by atoms with Crippen LogP contribution in [0.15, 0.2) is 30.3 Å². The average molecular weight is 250 g/mol. The van der Waals surface area contributed by atoms with Crippen molar-refractivity contribution >= 4 is 0 Å². The predicted octanol–water partition coefficient (Wildman–Crippen LogP) is 1.52. The number of likely N-dealkylation sites (N-methyl/N-ethyl adjacent to an activating group) is 1. The molecule has 3 heteroatoms. The van der Waals surface area contributed by atoms with Crippen molar-refractivity contribution < 1.29 is 5.11 Å². The van der Waals surface area contributed by atoms with Gasteiger partial charge in [0.15, 0.2) is 0 Å². The van der Waals surface area contributed by atoms with Gasteiger partial charge < -0.3 is 15.3 Å². The van der Waals surface area contributed by atoms with Gasteiger partial charge in [-0.3, -0.25) is 0 Å². The third-order valence-corrected chi connectivity index (χ3v) is 3.42. The van der Waals surface area contributed by atoms with Crippen LogP contribution in [0, 0.1) is 0 Å². The molecule has 0 aromatic heterocycles. The Morgan fingerprint density at radius 2 is 1.89 bits per heavy atom. The van der Waals surface area contributed by atoms with Crippen LogP contribution in [0.4, 0.5) is 0 Å². The number of hydrogen-bond donors (Lipinski definition) is 2. The van der Waals surface area contributed by atoms with E-state index in [0.29, 0.717) is 0 Å². The molecule has 0 spiro atoms. The molecule has 0 radical (unpaired) electrons. The Kier molecular flexibility index (Phi) is 6.33. The molecular formula is C15H26N2O. The first-order valence-electron chi connectivity index (χ1n) is 6.66. The van der Waals surface area contributed by atoms with Crippen LogP contribution in [0.5, 0.6) is 0 Å². The molecule has 0 saturated carbocycles. The summed E-state index contributed by atoms with van der Waals surface area (Å²) in [7, 11) is 4.12. The third kappa shape index (κ3) is 4.77.